The largest absolute Gasteiger partial charge is 0.497 e. The van der Waals surface area contributed by atoms with E-state index in [0.717, 1.165) is 28.0 Å². The Kier molecular flexibility index (Phi) is 6.66. The second-order valence-corrected chi connectivity index (χ2v) is 8.38. The van der Waals surface area contributed by atoms with Crippen LogP contribution in [0.4, 0.5) is 0 Å². The first-order valence-electron chi connectivity index (χ1n) is 11.5. The Morgan fingerprint density at radius 2 is 1.40 bits per heavy atom. The van der Waals surface area contributed by atoms with Gasteiger partial charge in [-0.1, -0.05) is 72.8 Å². The molecule has 0 N–H and O–H groups in total. The molecule has 5 heteroatoms. The van der Waals surface area contributed by atoms with Gasteiger partial charge in [0, 0.05) is 12.5 Å². The number of carbonyl (C=O) groups is 1. The maximum atomic E-state index is 13.1. The Bertz CT molecular complexity index is 1280. The number of fused-ring (bicyclic) bond motifs is 1. The van der Waals surface area contributed by atoms with Crippen molar-refractivity contribution >= 4 is 5.97 Å². The molecule has 0 saturated heterocycles. The fourth-order valence-electron chi connectivity index (χ4n) is 4.15. The van der Waals surface area contributed by atoms with Gasteiger partial charge in [0.25, 0.3) is 0 Å². The van der Waals surface area contributed by atoms with Crippen LogP contribution in [0.25, 0.3) is 0 Å². The molecule has 0 spiro atoms. The summed E-state index contributed by atoms with van der Waals surface area (Å²) in [7, 11) is 1.62. The van der Waals surface area contributed by atoms with Crippen LogP contribution in [0.5, 0.6) is 17.2 Å². The summed E-state index contributed by atoms with van der Waals surface area (Å²) < 4.78 is 23.3. The summed E-state index contributed by atoms with van der Waals surface area (Å²) in [6, 6.07) is 31.1. The molecule has 176 valence electrons. The lowest BCUT2D eigenvalue weighted by Gasteiger charge is -2.27. The minimum absolute atomic E-state index is 0.338. The molecule has 4 aromatic rings. The third kappa shape index (κ3) is 5.30. The van der Waals surface area contributed by atoms with Crippen LogP contribution >= 0.6 is 0 Å². The van der Waals surface area contributed by atoms with Crippen molar-refractivity contribution < 1.29 is 23.7 Å². The number of esters is 1. The van der Waals surface area contributed by atoms with Gasteiger partial charge in [0.15, 0.2) is 0 Å². The molecule has 0 aromatic heterocycles. The van der Waals surface area contributed by atoms with Gasteiger partial charge < -0.3 is 18.9 Å². The first-order valence-corrected chi connectivity index (χ1v) is 11.5. The van der Waals surface area contributed by atoms with Crippen LogP contribution in [0.15, 0.2) is 97.1 Å². The number of hydrogen-bond acceptors (Lipinski definition) is 5. The van der Waals surface area contributed by atoms with E-state index in [1.54, 1.807) is 13.2 Å². The fourth-order valence-corrected chi connectivity index (χ4v) is 4.15. The Labute approximate surface area is 204 Å². The highest BCUT2D eigenvalue weighted by atomic mass is 16.5. The Hall–Kier alpha value is -4.25. The lowest BCUT2D eigenvalue weighted by atomic mass is 9.93. The molecule has 1 atom stereocenters. The number of rotatable bonds is 8. The predicted molar refractivity (Wildman–Crippen MR) is 133 cm³/mol. The van der Waals surface area contributed by atoms with E-state index in [9.17, 15) is 4.79 Å². The molecule has 0 bridgehead atoms. The maximum absolute atomic E-state index is 13.1. The zero-order chi connectivity index (χ0) is 24.0. The molecular weight excluding hydrogens is 440 g/mol. The van der Waals surface area contributed by atoms with Crippen molar-refractivity contribution in [3.8, 4) is 17.2 Å². The minimum atomic E-state index is -0.398. The summed E-state index contributed by atoms with van der Waals surface area (Å²) in [4.78, 5) is 13.1. The van der Waals surface area contributed by atoms with Crippen LogP contribution in [0.3, 0.4) is 0 Å². The molecule has 35 heavy (non-hydrogen) atoms. The van der Waals surface area contributed by atoms with Crippen LogP contribution in [-0.2, 0) is 24.4 Å². The molecule has 4 aromatic carbocycles. The Morgan fingerprint density at radius 1 is 0.771 bits per heavy atom. The average Bonchev–Trinajstić information content (AvgIpc) is 2.91. The van der Waals surface area contributed by atoms with Gasteiger partial charge in [-0.2, -0.15) is 0 Å². The van der Waals surface area contributed by atoms with Gasteiger partial charge in [0.1, 0.15) is 42.1 Å². The molecule has 5 rings (SSSR count). The molecule has 5 nitrogen and oxygen atoms in total. The van der Waals surface area contributed by atoms with Crippen molar-refractivity contribution in [2.24, 2.45) is 0 Å². The first-order chi connectivity index (χ1) is 17.2. The Balaban J connectivity index is 1.44. The predicted octanol–water partition coefficient (Wildman–Crippen LogP) is 6.31. The molecule has 0 radical (unpaired) electrons. The van der Waals surface area contributed by atoms with E-state index >= 15 is 0 Å². The van der Waals surface area contributed by atoms with Crippen molar-refractivity contribution in [1.29, 1.82) is 0 Å². The summed E-state index contributed by atoms with van der Waals surface area (Å²) in [6.45, 7) is 0.759. The number of carbonyl (C=O) groups excluding carboxylic acids is 1. The minimum Gasteiger partial charge on any atom is -0.497 e. The molecular formula is C30H26O5. The van der Waals surface area contributed by atoms with E-state index in [0.29, 0.717) is 36.7 Å². The van der Waals surface area contributed by atoms with E-state index in [2.05, 4.69) is 0 Å². The van der Waals surface area contributed by atoms with Crippen LogP contribution in [0, 0.1) is 0 Å². The summed E-state index contributed by atoms with van der Waals surface area (Å²) in [5.74, 6) is 1.47. The van der Waals surface area contributed by atoms with Gasteiger partial charge in [-0.15, -0.1) is 0 Å². The van der Waals surface area contributed by atoms with E-state index in [1.165, 1.54) is 0 Å². The van der Waals surface area contributed by atoms with Crippen LogP contribution < -0.4 is 14.2 Å². The SMILES string of the molecule is COc1ccc([C@@H]2Cc3cc(OCc4ccccc4)cc(OCc4ccccc4)c3C(=O)O2)cc1. The lowest BCUT2D eigenvalue weighted by molar-refractivity contribution is 0.0246. The van der Waals surface area contributed by atoms with Crippen molar-refractivity contribution in [3.05, 3.63) is 125 Å². The summed E-state index contributed by atoms with van der Waals surface area (Å²) in [6.07, 6.45) is 0.129. The van der Waals surface area contributed by atoms with Crippen LogP contribution in [-0.4, -0.2) is 13.1 Å². The average molecular weight is 467 g/mol. The molecule has 1 aliphatic heterocycles. The normalized spacial score (nSPS) is 14.5. The standard InChI is InChI=1S/C30H26O5/c1-32-25-14-12-23(13-15-25)27-17-24-16-26(33-19-21-8-4-2-5-9-21)18-28(29(24)30(31)35-27)34-20-22-10-6-3-7-11-22/h2-16,18,27H,17,19-20H2,1H3/t27-/m0/s1. The molecule has 0 amide bonds. The highest BCUT2D eigenvalue weighted by Gasteiger charge is 2.31. The third-order valence-electron chi connectivity index (χ3n) is 5.99. The van der Waals surface area contributed by atoms with Crippen LogP contribution in [0.1, 0.15) is 38.7 Å². The topological polar surface area (TPSA) is 54.0 Å². The Morgan fingerprint density at radius 3 is 2.03 bits per heavy atom. The smallest absolute Gasteiger partial charge is 0.342 e. The van der Waals surface area contributed by atoms with Crippen molar-refractivity contribution in [1.82, 2.24) is 0 Å². The zero-order valence-corrected chi connectivity index (χ0v) is 19.5. The van der Waals surface area contributed by atoms with E-state index < -0.39 is 12.1 Å². The molecule has 0 saturated carbocycles. The number of methoxy groups -OCH3 is 1. The number of benzene rings is 4. The second kappa shape index (κ2) is 10.3. The van der Waals surface area contributed by atoms with Gasteiger partial charge >= 0.3 is 5.97 Å². The first kappa shape index (κ1) is 22.5. The highest BCUT2D eigenvalue weighted by Crippen LogP contribution is 2.39. The molecule has 0 fully saturated rings. The van der Waals surface area contributed by atoms with Gasteiger partial charge in [0.2, 0.25) is 0 Å². The zero-order valence-electron chi connectivity index (χ0n) is 19.5. The number of ether oxygens (including phenoxy) is 4. The van der Waals surface area contributed by atoms with Crippen molar-refractivity contribution in [2.45, 2.75) is 25.7 Å². The third-order valence-corrected chi connectivity index (χ3v) is 5.99. The van der Waals surface area contributed by atoms with Crippen LogP contribution in [0.2, 0.25) is 0 Å². The summed E-state index contributed by atoms with van der Waals surface area (Å²) >= 11 is 0. The second-order valence-electron chi connectivity index (χ2n) is 8.38. The van der Waals surface area contributed by atoms with E-state index in [-0.39, 0.29) is 0 Å². The van der Waals surface area contributed by atoms with E-state index in [4.69, 9.17) is 18.9 Å². The molecule has 0 aliphatic carbocycles. The quantitative estimate of drug-likeness (QED) is 0.285. The fraction of sp³-hybridized carbons (Fsp3) is 0.167. The van der Waals surface area contributed by atoms with Gasteiger partial charge in [-0.25, -0.2) is 4.79 Å². The highest BCUT2D eigenvalue weighted by molar-refractivity contribution is 5.95. The van der Waals surface area contributed by atoms with E-state index in [1.807, 2.05) is 91.0 Å². The molecule has 1 aliphatic rings. The number of cyclic esters (lactones) is 1. The number of hydrogen-bond donors (Lipinski definition) is 0. The molecule has 0 unspecified atom stereocenters. The summed E-state index contributed by atoms with van der Waals surface area (Å²) in [5, 5.41) is 0. The summed E-state index contributed by atoms with van der Waals surface area (Å²) in [5.41, 5.74) is 4.28. The van der Waals surface area contributed by atoms with Gasteiger partial charge in [-0.3, -0.25) is 0 Å². The monoisotopic (exact) mass is 466 g/mol. The van der Waals surface area contributed by atoms with Gasteiger partial charge in [0.05, 0.1) is 7.11 Å². The lowest BCUT2D eigenvalue weighted by Crippen LogP contribution is -2.23. The van der Waals surface area contributed by atoms with Crippen molar-refractivity contribution in [3.63, 3.8) is 0 Å². The molecule has 1 heterocycles. The maximum Gasteiger partial charge on any atom is 0.342 e. The van der Waals surface area contributed by atoms with Gasteiger partial charge in [-0.05, 0) is 40.5 Å². The van der Waals surface area contributed by atoms with Crippen molar-refractivity contribution in [2.75, 3.05) is 7.11 Å².